The van der Waals surface area contributed by atoms with Crippen molar-refractivity contribution in [1.82, 2.24) is 15.6 Å². The van der Waals surface area contributed by atoms with E-state index in [0.717, 1.165) is 38.0 Å². The smallest absolute Gasteiger partial charge is 0.273 e. The van der Waals surface area contributed by atoms with Crippen LogP contribution in [0.15, 0.2) is 28.9 Å². The fourth-order valence-corrected chi connectivity index (χ4v) is 6.81. The fraction of sp³-hybridized carbons (Fsp3) is 0.656. The summed E-state index contributed by atoms with van der Waals surface area (Å²) in [5.74, 6) is 0.874. The number of hydrogen-bond donors (Lipinski definition) is 2. The maximum absolute atomic E-state index is 14.3. The maximum Gasteiger partial charge on any atom is 0.273 e. The van der Waals surface area contributed by atoms with Gasteiger partial charge in [0, 0.05) is 19.0 Å². The van der Waals surface area contributed by atoms with Crippen LogP contribution in [0.4, 0.5) is 4.39 Å². The summed E-state index contributed by atoms with van der Waals surface area (Å²) in [6.45, 7) is 3.06. The molecule has 3 fully saturated rings. The van der Waals surface area contributed by atoms with E-state index in [1.54, 1.807) is 6.07 Å². The van der Waals surface area contributed by atoms with Gasteiger partial charge in [0.25, 0.3) is 11.8 Å². The van der Waals surface area contributed by atoms with Crippen molar-refractivity contribution in [3.8, 4) is 5.75 Å². The molecule has 1 aliphatic carbocycles. The summed E-state index contributed by atoms with van der Waals surface area (Å²) in [4.78, 5) is 29.5. The van der Waals surface area contributed by atoms with E-state index >= 15 is 0 Å². The molecule has 1 aromatic carbocycles. The number of carbonyl (C=O) groups is 2. The molecule has 9 heteroatoms. The standard InChI is InChI=1S/C32H44FN3O5/c1-2-15-34-29(37)20-39-26-12-11-23(33)17-22(26)18-24-27-13-14-28(41-27)30(24)32-36-25(19-40-32)31(38)35-16-7-6-10-21-8-4-3-5-9-21/h11-12,17,19,21,24,27-28,30H,2-10,13-16,18,20H2,1H3,(H,34,37)(H,35,38). The van der Waals surface area contributed by atoms with Crippen LogP contribution in [-0.4, -0.2) is 48.7 Å². The molecule has 8 nitrogen and oxygen atoms in total. The molecular weight excluding hydrogens is 525 g/mol. The Bertz CT molecular complexity index is 1160. The minimum atomic E-state index is -0.364. The average molecular weight is 570 g/mol. The van der Waals surface area contributed by atoms with Crippen LogP contribution < -0.4 is 15.4 Å². The number of benzene rings is 1. The number of fused-ring (bicyclic) bond motifs is 2. The monoisotopic (exact) mass is 569 g/mol. The molecule has 2 bridgehead atoms. The SMILES string of the molecule is CCCNC(=O)COc1ccc(F)cc1CC1C2CCC(O2)C1c1nc(C(=O)NCCCCC2CCCCC2)co1. The summed E-state index contributed by atoms with van der Waals surface area (Å²) in [5.41, 5.74) is 0.957. The molecule has 2 N–H and O–H groups in total. The third kappa shape index (κ3) is 7.67. The summed E-state index contributed by atoms with van der Waals surface area (Å²) in [6.07, 6.45) is 14.6. The van der Waals surface area contributed by atoms with E-state index in [1.165, 1.54) is 56.9 Å². The first-order valence-corrected chi connectivity index (χ1v) is 15.6. The zero-order valence-corrected chi connectivity index (χ0v) is 24.2. The van der Waals surface area contributed by atoms with Crippen molar-refractivity contribution in [3.05, 3.63) is 47.4 Å². The molecule has 2 amide bonds. The van der Waals surface area contributed by atoms with E-state index in [2.05, 4.69) is 15.6 Å². The molecule has 0 spiro atoms. The van der Waals surface area contributed by atoms with Crippen molar-refractivity contribution in [2.24, 2.45) is 11.8 Å². The molecule has 3 heterocycles. The fourth-order valence-electron chi connectivity index (χ4n) is 6.81. The predicted octanol–water partition coefficient (Wildman–Crippen LogP) is 5.70. The van der Waals surface area contributed by atoms with Crippen LogP contribution in [0.2, 0.25) is 0 Å². The molecule has 4 unspecified atom stereocenters. The van der Waals surface area contributed by atoms with Gasteiger partial charge in [-0.3, -0.25) is 9.59 Å². The van der Waals surface area contributed by atoms with Crippen LogP contribution in [0.1, 0.15) is 105 Å². The highest BCUT2D eigenvalue weighted by atomic mass is 19.1. The lowest BCUT2D eigenvalue weighted by Gasteiger charge is -2.26. The molecule has 41 heavy (non-hydrogen) atoms. The summed E-state index contributed by atoms with van der Waals surface area (Å²) in [6, 6.07) is 4.38. The van der Waals surface area contributed by atoms with E-state index in [9.17, 15) is 14.0 Å². The number of halogens is 1. The topological polar surface area (TPSA) is 103 Å². The predicted molar refractivity (Wildman–Crippen MR) is 152 cm³/mol. The van der Waals surface area contributed by atoms with E-state index < -0.39 is 0 Å². The molecule has 2 aliphatic heterocycles. The molecule has 1 aromatic heterocycles. The number of rotatable bonds is 14. The molecule has 4 atom stereocenters. The van der Waals surface area contributed by atoms with Crippen LogP contribution >= 0.6 is 0 Å². The van der Waals surface area contributed by atoms with Gasteiger partial charge in [-0.25, -0.2) is 9.37 Å². The van der Waals surface area contributed by atoms with Crippen molar-refractivity contribution in [2.45, 2.75) is 102 Å². The Morgan fingerprint density at radius 1 is 1.05 bits per heavy atom. The first-order chi connectivity index (χ1) is 20.0. The zero-order valence-electron chi connectivity index (χ0n) is 24.2. The van der Waals surface area contributed by atoms with Crippen molar-refractivity contribution < 1.29 is 27.9 Å². The summed E-state index contributed by atoms with van der Waals surface area (Å²) in [7, 11) is 0. The minimum Gasteiger partial charge on any atom is -0.483 e. The van der Waals surface area contributed by atoms with Gasteiger partial charge in [-0.15, -0.1) is 0 Å². The summed E-state index contributed by atoms with van der Waals surface area (Å²) < 4.78 is 32.2. The third-order valence-electron chi connectivity index (χ3n) is 8.92. The molecule has 5 rings (SSSR count). The lowest BCUT2D eigenvalue weighted by atomic mass is 9.76. The van der Waals surface area contributed by atoms with Gasteiger partial charge in [-0.1, -0.05) is 51.9 Å². The van der Waals surface area contributed by atoms with E-state index in [1.807, 2.05) is 6.92 Å². The Balaban J connectivity index is 1.18. The summed E-state index contributed by atoms with van der Waals surface area (Å²) >= 11 is 0. The first-order valence-electron chi connectivity index (χ1n) is 15.6. The highest BCUT2D eigenvalue weighted by molar-refractivity contribution is 5.91. The lowest BCUT2D eigenvalue weighted by molar-refractivity contribution is -0.123. The van der Waals surface area contributed by atoms with Gasteiger partial charge in [-0.05, 0) is 61.8 Å². The molecule has 2 saturated heterocycles. The molecule has 2 aromatic rings. The highest BCUT2D eigenvalue weighted by Gasteiger charge is 2.51. The van der Waals surface area contributed by atoms with Crippen LogP contribution in [0, 0.1) is 17.7 Å². The first kappa shape index (κ1) is 29.5. The van der Waals surface area contributed by atoms with Crippen molar-refractivity contribution in [2.75, 3.05) is 19.7 Å². The Hall–Kier alpha value is -2.94. The van der Waals surface area contributed by atoms with E-state index in [-0.39, 0.29) is 54.0 Å². The Labute approximate surface area is 242 Å². The quantitative estimate of drug-likeness (QED) is 0.283. The van der Waals surface area contributed by atoms with Gasteiger partial charge in [0.15, 0.2) is 12.3 Å². The lowest BCUT2D eigenvalue weighted by Crippen LogP contribution is -2.30. The van der Waals surface area contributed by atoms with Gasteiger partial charge >= 0.3 is 0 Å². The van der Waals surface area contributed by atoms with Crippen molar-refractivity contribution in [3.63, 3.8) is 0 Å². The second-order valence-corrected chi connectivity index (χ2v) is 11.9. The highest BCUT2D eigenvalue weighted by Crippen LogP contribution is 2.50. The maximum atomic E-state index is 14.3. The van der Waals surface area contributed by atoms with Gasteiger partial charge in [0.05, 0.1) is 18.1 Å². The molecule has 0 radical (unpaired) electrons. The zero-order chi connectivity index (χ0) is 28.6. The molecule has 3 aliphatic rings. The number of unbranched alkanes of at least 4 members (excludes halogenated alkanes) is 1. The van der Waals surface area contributed by atoms with Crippen LogP contribution in [-0.2, 0) is 16.0 Å². The van der Waals surface area contributed by atoms with Gasteiger partial charge in [0.1, 0.15) is 17.8 Å². The Morgan fingerprint density at radius 2 is 1.88 bits per heavy atom. The molecular formula is C32H44FN3O5. The van der Waals surface area contributed by atoms with Crippen LogP contribution in [0.5, 0.6) is 5.75 Å². The number of nitrogens with zero attached hydrogens (tertiary/aromatic N) is 1. The number of nitrogens with one attached hydrogen (secondary N) is 2. The largest absolute Gasteiger partial charge is 0.483 e. The van der Waals surface area contributed by atoms with E-state index in [4.69, 9.17) is 13.9 Å². The number of carbonyl (C=O) groups excluding carboxylic acids is 2. The normalized spacial score (nSPS) is 24.0. The second-order valence-electron chi connectivity index (χ2n) is 11.9. The van der Waals surface area contributed by atoms with Crippen molar-refractivity contribution >= 4 is 11.8 Å². The van der Waals surface area contributed by atoms with Gasteiger partial charge in [-0.2, -0.15) is 0 Å². The minimum absolute atomic E-state index is 0.0117. The molecule has 1 saturated carbocycles. The number of oxazole rings is 1. The number of aromatic nitrogens is 1. The molecule has 224 valence electrons. The number of amides is 2. The van der Waals surface area contributed by atoms with Crippen molar-refractivity contribution in [1.29, 1.82) is 0 Å². The Morgan fingerprint density at radius 3 is 2.71 bits per heavy atom. The third-order valence-corrected chi connectivity index (χ3v) is 8.92. The van der Waals surface area contributed by atoms with E-state index in [0.29, 0.717) is 36.7 Å². The second kappa shape index (κ2) is 14.3. The van der Waals surface area contributed by atoms with Gasteiger partial charge < -0.3 is 24.5 Å². The summed E-state index contributed by atoms with van der Waals surface area (Å²) in [5, 5.41) is 5.78. The Kier molecular flexibility index (Phi) is 10.3. The number of ether oxygens (including phenoxy) is 2. The average Bonchev–Trinajstić information content (AvgIpc) is 3.73. The number of hydrogen-bond acceptors (Lipinski definition) is 6. The van der Waals surface area contributed by atoms with Crippen LogP contribution in [0.25, 0.3) is 0 Å². The van der Waals surface area contributed by atoms with Gasteiger partial charge in [0.2, 0.25) is 5.89 Å². The van der Waals surface area contributed by atoms with Crippen LogP contribution in [0.3, 0.4) is 0 Å².